The summed E-state index contributed by atoms with van der Waals surface area (Å²) in [6.07, 6.45) is 2.03. The number of ether oxygens (including phenoxy) is 2. The minimum absolute atomic E-state index is 0. The molecule has 0 spiro atoms. The van der Waals surface area contributed by atoms with Crippen LogP contribution in [0.1, 0.15) is 19.8 Å². The van der Waals surface area contributed by atoms with E-state index in [1.54, 1.807) is 14.2 Å². The van der Waals surface area contributed by atoms with Crippen molar-refractivity contribution in [1.82, 2.24) is 10.6 Å². The summed E-state index contributed by atoms with van der Waals surface area (Å²) in [5, 5.41) is 9.26. The van der Waals surface area contributed by atoms with Gasteiger partial charge >= 0.3 is 0 Å². The predicted molar refractivity (Wildman–Crippen MR) is 110 cm³/mol. The Morgan fingerprint density at radius 2 is 1.96 bits per heavy atom. The molecule has 0 saturated heterocycles. The Labute approximate surface area is 166 Å². The summed E-state index contributed by atoms with van der Waals surface area (Å²) in [7, 11) is 3.31. The predicted octanol–water partition coefficient (Wildman–Crippen LogP) is 2.23. The van der Waals surface area contributed by atoms with E-state index in [2.05, 4.69) is 20.9 Å². The second kappa shape index (κ2) is 11.0. The Morgan fingerprint density at radius 1 is 1.24 bits per heavy atom. The Morgan fingerprint density at radius 3 is 2.56 bits per heavy atom. The highest BCUT2D eigenvalue weighted by Crippen LogP contribution is 2.30. The van der Waals surface area contributed by atoms with Crippen LogP contribution in [0.25, 0.3) is 0 Å². The number of hydrogen-bond donors (Lipinski definition) is 3. The summed E-state index contributed by atoms with van der Waals surface area (Å²) in [5.41, 5.74) is 0.838. The fraction of sp³-hybridized carbons (Fsp3) is 0.529. The lowest BCUT2D eigenvalue weighted by Crippen LogP contribution is -2.38. The summed E-state index contributed by atoms with van der Waals surface area (Å²) in [4.78, 5) is 15.7. The lowest BCUT2D eigenvalue weighted by Gasteiger charge is -2.14. The smallest absolute Gasteiger partial charge is 0.223 e. The molecule has 0 bridgehead atoms. The number of hydrogen-bond acceptors (Lipinski definition) is 4. The first kappa shape index (κ1) is 21.3. The molecule has 1 aromatic carbocycles. The number of nitrogens with one attached hydrogen (secondary N) is 3. The van der Waals surface area contributed by atoms with Crippen LogP contribution in [0.15, 0.2) is 23.2 Å². The van der Waals surface area contributed by atoms with E-state index < -0.39 is 0 Å². The number of carbonyl (C=O) groups is 1. The van der Waals surface area contributed by atoms with Crippen LogP contribution in [-0.4, -0.2) is 45.7 Å². The molecule has 3 N–H and O–H groups in total. The molecule has 8 heteroatoms. The molecule has 25 heavy (non-hydrogen) atoms. The molecule has 1 amide bonds. The first-order chi connectivity index (χ1) is 11.7. The molecule has 1 aliphatic rings. The number of amides is 1. The maximum Gasteiger partial charge on any atom is 0.223 e. The van der Waals surface area contributed by atoms with E-state index in [4.69, 9.17) is 9.47 Å². The summed E-state index contributed by atoms with van der Waals surface area (Å²) in [6.45, 7) is 3.69. The van der Waals surface area contributed by atoms with Crippen molar-refractivity contribution in [2.45, 2.75) is 19.8 Å². The van der Waals surface area contributed by atoms with Gasteiger partial charge in [-0.3, -0.25) is 9.79 Å². The third kappa shape index (κ3) is 6.97. The molecular weight excluding hydrogens is 435 g/mol. The number of methoxy groups -OCH3 is 1. The van der Waals surface area contributed by atoms with Crippen molar-refractivity contribution < 1.29 is 14.3 Å². The molecule has 0 heterocycles. The van der Waals surface area contributed by atoms with E-state index in [9.17, 15) is 4.79 Å². The van der Waals surface area contributed by atoms with Crippen molar-refractivity contribution in [1.29, 1.82) is 0 Å². The Hall–Kier alpha value is -1.71. The maximum atomic E-state index is 11.6. The third-order valence-electron chi connectivity index (χ3n) is 3.61. The van der Waals surface area contributed by atoms with Gasteiger partial charge in [0.1, 0.15) is 0 Å². The van der Waals surface area contributed by atoms with Crippen molar-refractivity contribution >= 4 is 41.5 Å². The van der Waals surface area contributed by atoms with Crippen LogP contribution in [0.3, 0.4) is 0 Å². The summed E-state index contributed by atoms with van der Waals surface area (Å²) >= 11 is 0. The first-order valence-electron chi connectivity index (χ1n) is 8.24. The van der Waals surface area contributed by atoms with Gasteiger partial charge in [-0.1, -0.05) is 0 Å². The third-order valence-corrected chi connectivity index (χ3v) is 3.61. The molecule has 0 aromatic heterocycles. The number of halogens is 1. The lowest BCUT2D eigenvalue weighted by molar-refractivity contribution is -0.122. The molecule has 1 fully saturated rings. The van der Waals surface area contributed by atoms with E-state index in [0.29, 0.717) is 37.2 Å². The van der Waals surface area contributed by atoms with Gasteiger partial charge in [-0.05, 0) is 31.9 Å². The average molecular weight is 462 g/mol. The minimum atomic E-state index is 0. The average Bonchev–Trinajstić information content (AvgIpc) is 3.43. The number of nitrogens with zero attached hydrogens (tertiary/aromatic N) is 1. The van der Waals surface area contributed by atoms with E-state index >= 15 is 0 Å². The number of rotatable bonds is 8. The Balaban J connectivity index is 0.00000312. The highest BCUT2D eigenvalue weighted by molar-refractivity contribution is 14.0. The molecule has 0 aliphatic heterocycles. The molecule has 0 radical (unpaired) electrons. The number of anilines is 1. The van der Waals surface area contributed by atoms with Crippen LogP contribution in [0.5, 0.6) is 11.5 Å². The second-order valence-corrected chi connectivity index (χ2v) is 5.49. The normalized spacial score (nSPS) is 13.5. The van der Waals surface area contributed by atoms with Crippen molar-refractivity contribution in [2.75, 3.05) is 39.2 Å². The van der Waals surface area contributed by atoms with E-state index in [1.807, 2.05) is 25.1 Å². The zero-order valence-electron chi connectivity index (χ0n) is 14.9. The van der Waals surface area contributed by atoms with Gasteiger partial charge in [-0.15, -0.1) is 24.0 Å². The second-order valence-electron chi connectivity index (χ2n) is 5.49. The van der Waals surface area contributed by atoms with Crippen LogP contribution in [0, 0.1) is 5.92 Å². The van der Waals surface area contributed by atoms with Crippen molar-refractivity contribution in [2.24, 2.45) is 10.9 Å². The van der Waals surface area contributed by atoms with Gasteiger partial charge in [0, 0.05) is 37.8 Å². The van der Waals surface area contributed by atoms with E-state index in [0.717, 1.165) is 18.5 Å². The Kier molecular flexibility index (Phi) is 9.40. The number of guanidine groups is 1. The van der Waals surface area contributed by atoms with Crippen LogP contribution in [0.2, 0.25) is 0 Å². The highest BCUT2D eigenvalue weighted by Gasteiger charge is 2.28. The summed E-state index contributed by atoms with van der Waals surface area (Å²) in [6, 6.07) is 5.61. The zero-order valence-corrected chi connectivity index (χ0v) is 17.3. The van der Waals surface area contributed by atoms with Crippen LogP contribution < -0.4 is 25.4 Å². The van der Waals surface area contributed by atoms with Gasteiger partial charge in [0.25, 0.3) is 0 Å². The quantitative estimate of drug-likeness (QED) is 0.239. The van der Waals surface area contributed by atoms with Crippen molar-refractivity contribution in [3.63, 3.8) is 0 Å². The van der Waals surface area contributed by atoms with Gasteiger partial charge in [0.2, 0.25) is 5.91 Å². The minimum Gasteiger partial charge on any atom is -0.493 e. The van der Waals surface area contributed by atoms with Crippen LogP contribution in [-0.2, 0) is 4.79 Å². The Bertz CT molecular complexity index is 591. The maximum absolute atomic E-state index is 11.6. The molecule has 1 saturated carbocycles. The van der Waals surface area contributed by atoms with Crippen molar-refractivity contribution in [3.05, 3.63) is 18.2 Å². The molecule has 0 atom stereocenters. The van der Waals surface area contributed by atoms with Crippen LogP contribution >= 0.6 is 24.0 Å². The number of benzene rings is 1. The van der Waals surface area contributed by atoms with Crippen LogP contribution in [0.4, 0.5) is 5.69 Å². The fourth-order valence-electron chi connectivity index (χ4n) is 2.19. The van der Waals surface area contributed by atoms with Gasteiger partial charge in [0.15, 0.2) is 17.5 Å². The fourth-order valence-corrected chi connectivity index (χ4v) is 2.19. The van der Waals surface area contributed by atoms with Crippen molar-refractivity contribution in [3.8, 4) is 11.5 Å². The molecular formula is C17H27IN4O3. The molecule has 1 aromatic rings. The van der Waals surface area contributed by atoms with E-state index in [1.165, 1.54) is 0 Å². The van der Waals surface area contributed by atoms with Gasteiger partial charge < -0.3 is 25.4 Å². The monoisotopic (exact) mass is 462 g/mol. The number of carbonyl (C=O) groups excluding carboxylic acids is 1. The molecule has 7 nitrogen and oxygen atoms in total. The van der Waals surface area contributed by atoms with Gasteiger partial charge in [-0.25, -0.2) is 0 Å². The largest absolute Gasteiger partial charge is 0.493 e. The summed E-state index contributed by atoms with van der Waals surface area (Å²) in [5.74, 6) is 2.38. The standard InChI is InChI=1S/C17H26N4O3.HI/c1-4-24-14-8-7-13(11-15(14)23-3)21-17(18-2)20-10-9-19-16(22)12-5-6-12;/h7-8,11-12H,4-6,9-10H2,1-3H3,(H,19,22)(H2,18,20,21);1H. The van der Waals surface area contributed by atoms with Gasteiger partial charge in [0.05, 0.1) is 13.7 Å². The molecule has 2 rings (SSSR count). The molecule has 0 unspecified atom stereocenters. The molecule has 1 aliphatic carbocycles. The lowest BCUT2D eigenvalue weighted by atomic mass is 10.2. The number of aliphatic imine (C=N–C) groups is 1. The SMILES string of the molecule is CCOc1ccc(NC(=NC)NCCNC(=O)C2CC2)cc1OC.I. The summed E-state index contributed by atoms with van der Waals surface area (Å²) < 4.78 is 10.8. The highest BCUT2D eigenvalue weighted by atomic mass is 127. The van der Waals surface area contributed by atoms with Gasteiger partial charge in [-0.2, -0.15) is 0 Å². The topological polar surface area (TPSA) is 84.0 Å². The van der Waals surface area contributed by atoms with E-state index in [-0.39, 0.29) is 35.8 Å². The first-order valence-corrected chi connectivity index (χ1v) is 8.24. The zero-order chi connectivity index (χ0) is 17.4. The molecule has 140 valence electrons.